The Balaban J connectivity index is 2.39. The Morgan fingerprint density at radius 2 is 1.85 bits per heavy atom. The highest BCUT2D eigenvalue weighted by Gasteiger charge is 2.16. The molecule has 0 saturated carbocycles. The van der Waals surface area contributed by atoms with Gasteiger partial charge < -0.3 is 5.11 Å². The summed E-state index contributed by atoms with van der Waals surface area (Å²) in [7, 11) is 0. The number of carbonyl (C=O) groups is 1. The summed E-state index contributed by atoms with van der Waals surface area (Å²) in [5.41, 5.74) is 2.43. The predicted octanol–water partition coefficient (Wildman–Crippen LogP) is 4.36. The fourth-order valence-corrected chi connectivity index (χ4v) is 2.59. The third-order valence-electron chi connectivity index (χ3n) is 3.13. The van der Waals surface area contributed by atoms with Crippen molar-refractivity contribution >= 4 is 32.8 Å². The molecule has 0 fully saturated rings. The number of nitrogens with zero attached hydrogens (tertiary/aromatic N) is 1. The predicted molar refractivity (Wildman–Crippen MR) is 81.8 cm³/mol. The minimum atomic E-state index is -0.950. The summed E-state index contributed by atoms with van der Waals surface area (Å²) in [6.45, 7) is 0. The van der Waals surface area contributed by atoms with E-state index in [2.05, 4.69) is 20.9 Å². The molecule has 3 nitrogen and oxygen atoms in total. The minimum Gasteiger partial charge on any atom is -0.478 e. The van der Waals surface area contributed by atoms with Crippen molar-refractivity contribution in [1.82, 2.24) is 4.98 Å². The number of carboxylic acids is 1. The van der Waals surface area contributed by atoms with Crippen LogP contribution in [0, 0.1) is 0 Å². The van der Waals surface area contributed by atoms with Crippen LogP contribution in [-0.4, -0.2) is 16.1 Å². The summed E-state index contributed by atoms with van der Waals surface area (Å²) in [6, 6.07) is 14.9. The molecule has 0 saturated heterocycles. The molecule has 1 aromatic heterocycles. The van der Waals surface area contributed by atoms with Crippen molar-refractivity contribution in [1.29, 1.82) is 0 Å². The maximum absolute atomic E-state index is 11.7. The Morgan fingerprint density at radius 1 is 1.10 bits per heavy atom. The molecule has 98 valence electrons. The largest absolute Gasteiger partial charge is 0.478 e. The van der Waals surface area contributed by atoms with Crippen LogP contribution in [0.2, 0.25) is 0 Å². The first kappa shape index (κ1) is 12.8. The number of pyridine rings is 1. The van der Waals surface area contributed by atoms with Gasteiger partial charge in [0.25, 0.3) is 0 Å². The molecule has 0 unspecified atom stereocenters. The van der Waals surface area contributed by atoms with Crippen LogP contribution in [0.4, 0.5) is 0 Å². The van der Waals surface area contributed by atoms with Gasteiger partial charge in [0.2, 0.25) is 0 Å². The summed E-state index contributed by atoms with van der Waals surface area (Å²) in [4.78, 5) is 16.0. The third kappa shape index (κ3) is 2.18. The number of fused-ring (bicyclic) bond motifs is 1. The lowest BCUT2D eigenvalue weighted by molar-refractivity contribution is 0.0700. The third-order valence-corrected chi connectivity index (χ3v) is 3.62. The lowest BCUT2D eigenvalue weighted by Crippen LogP contribution is -2.02. The molecule has 20 heavy (non-hydrogen) atoms. The summed E-state index contributed by atoms with van der Waals surface area (Å²) < 4.78 is 0.833. The Labute approximate surface area is 124 Å². The van der Waals surface area contributed by atoms with E-state index in [4.69, 9.17) is 0 Å². The zero-order valence-corrected chi connectivity index (χ0v) is 12.0. The molecule has 0 aliphatic carbocycles. The summed E-state index contributed by atoms with van der Waals surface area (Å²) in [6.07, 6.45) is 1.62. The molecule has 0 amide bonds. The van der Waals surface area contributed by atoms with Gasteiger partial charge in [0.15, 0.2) is 0 Å². The first-order chi connectivity index (χ1) is 9.66. The van der Waals surface area contributed by atoms with Gasteiger partial charge in [0.05, 0.1) is 11.1 Å². The molecule has 0 aliphatic heterocycles. The molecule has 0 radical (unpaired) electrons. The van der Waals surface area contributed by atoms with E-state index >= 15 is 0 Å². The Kier molecular flexibility index (Phi) is 3.24. The van der Waals surface area contributed by atoms with Gasteiger partial charge in [-0.3, -0.25) is 4.98 Å². The van der Waals surface area contributed by atoms with Crippen molar-refractivity contribution in [2.75, 3.05) is 0 Å². The Morgan fingerprint density at radius 3 is 2.55 bits per heavy atom. The van der Waals surface area contributed by atoms with Gasteiger partial charge in [-0.1, -0.05) is 46.3 Å². The molecule has 3 aromatic rings. The highest BCUT2D eigenvalue weighted by Crippen LogP contribution is 2.30. The molecule has 2 aromatic carbocycles. The second-order valence-corrected chi connectivity index (χ2v) is 5.30. The van der Waals surface area contributed by atoms with Crippen molar-refractivity contribution in [3.63, 3.8) is 0 Å². The number of carboxylic acid groups (broad SMARTS) is 1. The van der Waals surface area contributed by atoms with Crippen molar-refractivity contribution < 1.29 is 9.90 Å². The topological polar surface area (TPSA) is 50.2 Å². The standard InChI is InChI=1S/C16H10BrNO2/c17-11-6-7-14-12(8-11)15(16(19)20)13(9-18-14)10-4-2-1-3-5-10/h1-9H,(H,19,20). The number of benzene rings is 2. The summed E-state index contributed by atoms with van der Waals surface area (Å²) >= 11 is 3.38. The van der Waals surface area contributed by atoms with E-state index in [1.807, 2.05) is 36.4 Å². The quantitative estimate of drug-likeness (QED) is 0.760. The van der Waals surface area contributed by atoms with Crippen LogP contribution < -0.4 is 0 Å². The number of hydrogen-bond acceptors (Lipinski definition) is 2. The lowest BCUT2D eigenvalue weighted by Gasteiger charge is -2.09. The van der Waals surface area contributed by atoms with Crippen LogP contribution in [0.25, 0.3) is 22.0 Å². The molecule has 1 heterocycles. The van der Waals surface area contributed by atoms with Crippen LogP contribution >= 0.6 is 15.9 Å². The van der Waals surface area contributed by atoms with Crippen molar-refractivity contribution in [3.05, 3.63) is 64.8 Å². The average molecular weight is 328 g/mol. The van der Waals surface area contributed by atoms with E-state index in [0.717, 1.165) is 10.0 Å². The maximum atomic E-state index is 11.7. The number of aromatic nitrogens is 1. The first-order valence-corrected chi connectivity index (χ1v) is 6.83. The number of rotatable bonds is 2. The van der Waals surface area contributed by atoms with Crippen LogP contribution in [0.15, 0.2) is 59.2 Å². The van der Waals surface area contributed by atoms with Crippen LogP contribution in [0.3, 0.4) is 0 Å². The highest BCUT2D eigenvalue weighted by atomic mass is 79.9. The molecule has 4 heteroatoms. The van der Waals surface area contributed by atoms with Crippen molar-refractivity contribution in [3.8, 4) is 11.1 Å². The number of aromatic carboxylic acids is 1. The molecule has 0 bridgehead atoms. The smallest absolute Gasteiger partial charge is 0.337 e. The fraction of sp³-hybridized carbons (Fsp3) is 0. The van der Waals surface area contributed by atoms with Gasteiger partial charge in [-0.2, -0.15) is 0 Å². The summed E-state index contributed by atoms with van der Waals surface area (Å²) in [5.74, 6) is -0.950. The molecule has 0 spiro atoms. The number of halogens is 1. The van der Waals surface area contributed by atoms with E-state index in [1.54, 1.807) is 18.3 Å². The van der Waals surface area contributed by atoms with Crippen LogP contribution in [0.1, 0.15) is 10.4 Å². The van der Waals surface area contributed by atoms with Crippen molar-refractivity contribution in [2.45, 2.75) is 0 Å². The van der Waals surface area contributed by atoms with E-state index in [1.165, 1.54) is 0 Å². The van der Waals surface area contributed by atoms with E-state index in [0.29, 0.717) is 16.5 Å². The van der Waals surface area contributed by atoms with Crippen LogP contribution in [-0.2, 0) is 0 Å². The van der Waals surface area contributed by atoms with Gasteiger partial charge in [-0.05, 0) is 23.8 Å². The monoisotopic (exact) mass is 327 g/mol. The summed E-state index contributed by atoms with van der Waals surface area (Å²) in [5, 5.41) is 10.2. The van der Waals surface area contributed by atoms with Crippen LogP contribution in [0.5, 0.6) is 0 Å². The Bertz CT molecular complexity index is 800. The second-order valence-electron chi connectivity index (χ2n) is 4.38. The lowest BCUT2D eigenvalue weighted by atomic mass is 9.98. The maximum Gasteiger partial charge on any atom is 0.337 e. The van der Waals surface area contributed by atoms with E-state index in [-0.39, 0.29) is 5.56 Å². The molecule has 1 N–H and O–H groups in total. The molecule has 3 rings (SSSR count). The normalized spacial score (nSPS) is 10.7. The Hall–Kier alpha value is -2.20. The molecular formula is C16H10BrNO2. The SMILES string of the molecule is O=C(O)c1c(-c2ccccc2)cnc2ccc(Br)cc12. The van der Waals surface area contributed by atoms with E-state index in [9.17, 15) is 9.90 Å². The molecular weight excluding hydrogens is 318 g/mol. The van der Waals surface area contributed by atoms with E-state index < -0.39 is 5.97 Å². The van der Waals surface area contributed by atoms with Crippen molar-refractivity contribution in [2.24, 2.45) is 0 Å². The molecule has 0 aliphatic rings. The van der Waals surface area contributed by atoms with Gasteiger partial charge in [0.1, 0.15) is 0 Å². The molecule has 0 atom stereocenters. The van der Waals surface area contributed by atoms with Gasteiger partial charge >= 0.3 is 5.97 Å². The highest BCUT2D eigenvalue weighted by molar-refractivity contribution is 9.10. The second kappa shape index (κ2) is 5.06. The average Bonchev–Trinajstić information content (AvgIpc) is 2.46. The first-order valence-electron chi connectivity index (χ1n) is 6.04. The van der Waals surface area contributed by atoms with Gasteiger partial charge in [0, 0.05) is 21.6 Å². The minimum absolute atomic E-state index is 0.280. The zero-order chi connectivity index (χ0) is 14.1. The van der Waals surface area contributed by atoms with Gasteiger partial charge in [-0.25, -0.2) is 4.79 Å². The number of hydrogen-bond donors (Lipinski definition) is 1. The fourth-order valence-electron chi connectivity index (χ4n) is 2.23. The van der Waals surface area contributed by atoms with Gasteiger partial charge in [-0.15, -0.1) is 0 Å². The zero-order valence-electron chi connectivity index (χ0n) is 10.4.